The highest BCUT2D eigenvalue weighted by molar-refractivity contribution is 7.18. The first-order chi connectivity index (χ1) is 12.5. The highest BCUT2D eigenvalue weighted by Gasteiger charge is 2.20. The number of hydrogen-bond acceptors (Lipinski definition) is 5. The molecular formula is C19H29ClN4O2S. The minimum Gasteiger partial charge on any atom is -0.352 e. The van der Waals surface area contributed by atoms with E-state index in [1.807, 2.05) is 0 Å². The Morgan fingerprint density at radius 2 is 2.11 bits per heavy atom. The third-order valence-electron chi connectivity index (χ3n) is 4.93. The number of nitrogens with zero attached hydrogens (tertiary/aromatic N) is 2. The summed E-state index contributed by atoms with van der Waals surface area (Å²) in [5, 5.41) is 3.74. The van der Waals surface area contributed by atoms with Crippen molar-refractivity contribution >= 4 is 39.9 Å². The van der Waals surface area contributed by atoms with Gasteiger partial charge in [0.25, 0.3) is 5.56 Å². The van der Waals surface area contributed by atoms with E-state index in [1.165, 1.54) is 16.9 Å². The Morgan fingerprint density at radius 3 is 2.81 bits per heavy atom. The zero-order chi connectivity index (χ0) is 18.7. The molecule has 0 radical (unpaired) electrons. The fourth-order valence-electron chi connectivity index (χ4n) is 3.65. The average molecular weight is 413 g/mol. The van der Waals surface area contributed by atoms with Crippen LogP contribution in [0.2, 0.25) is 0 Å². The molecule has 3 N–H and O–H groups in total. The quantitative estimate of drug-likeness (QED) is 0.731. The summed E-state index contributed by atoms with van der Waals surface area (Å²) in [6, 6.07) is -0.0104. The van der Waals surface area contributed by atoms with Gasteiger partial charge in [-0.3, -0.25) is 14.2 Å². The van der Waals surface area contributed by atoms with E-state index >= 15 is 0 Å². The van der Waals surface area contributed by atoms with E-state index in [0.717, 1.165) is 35.9 Å². The molecule has 0 bridgehead atoms. The molecule has 1 amide bonds. The summed E-state index contributed by atoms with van der Waals surface area (Å²) in [5.41, 5.74) is 6.91. The maximum atomic E-state index is 12.9. The van der Waals surface area contributed by atoms with Crippen LogP contribution < -0.4 is 16.6 Å². The molecule has 0 saturated carbocycles. The van der Waals surface area contributed by atoms with Gasteiger partial charge in [-0.2, -0.15) is 0 Å². The molecule has 0 saturated heterocycles. The van der Waals surface area contributed by atoms with Crippen LogP contribution in [0.5, 0.6) is 0 Å². The first-order valence-electron chi connectivity index (χ1n) is 9.48. The Morgan fingerprint density at radius 1 is 1.37 bits per heavy atom. The summed E-state index contributed by atoms with van der Waals surface area (Å²) < 4.78 is 1.57. The standard InChI is InChI=1S/C19H28N4O2S.ClH/c1-12(2)9-13(10-20)22-16(24)7-8-23-11-21-18-17(19(23)25)14-5-3-4-6-15(14)26-18;/h11-13H,3-10,20H2,1-2H3,(H,22,24);1H. The molecule has 0 spiro atoms. The van der Waals surface area contributed by atoms with Crippen molar-refractivity contribution in [3.05, 3.63) is 27.1 Å². The minimum absolute atomic E-state index is 0. The van der Waals surface area contributed by atoms with Crippen LogP contribution in [-0.2, 0) is 24.2 Å². The third kappa shape index (κ3) is 5.09. The summed E-state index contributed by atoms with van der Waals surface area (Å²) in [5.74, 6) is 0.406. The second kappa shape index (κ2) is 9.66. The lowest BCUT2D eigenvalue weighted by Crippen LogP contribution is -2.41. The van der Waals surface area contributed by atoms with E-state index in [9.17, 15) is 9.59 Å². The van der Waals surface area contributed by atoms with Crippen LogP contribution in [-0.4, -0.2) is 28.0 Å². The van der Waals surface area contributed by atoms with Crippen LogP contribution in [0.3, 0.4) is 0 Å². The van der Waals surface area contributed by atoms with Gasteiger partial charge in [0.15, 0.2) is 0 Å². The van der Waals surface area contributed by atoms with Gasteiger partial charge in [0, 0.05) is 30.4 Å². The van der Waals surface area contributed by atoms with Crippen molar-refractivity contribution in [1.82, 2.24) is 14.9 Å². The Kier molecular flexibility index (Phi) is 7.82. The van der Waals surface area contributed by atoms with E-state index in [1.54, 1.807) is 22.2 Å². The number of hydrogen-bond donors (Lipinski definition) is 2. The zero-order valence-corrected chi connectivity index (χ0v) is 17.6. The van der Waals surface area contributed by atoms with Gasteiger partial charge in [0.1, 0.15) is 4.83 Å². The number of nitrogens with one attached hydrogen (secondary N) is 1. The molecule has 2 heterocycles. The molecular weight excluding hydrogens is 384 g/mol. The van der Waals surface area contributed by atoms with Crippen molar-refractivity contribution in [2.45, 2.75) is 65.0 Å². The van der Waals surface area contributed by atoms with Crippen molar-refractivity contribution in [2.75, 3.05) is 6.54 Å². The Hall–Kier alpha value is -1.44. The lowest BCUT2D eigenvalue weighted by molar-refractivity contribution is -0.122. The number of aryl methyl sites for hydroxylation is 3. The van der Waals surface area contributed by atoms with Gasteiger partial charge in [-0.1, -0.05) is 13.8 Å². The largest absolute Gasteiger partial charge is 0.352 e. The van der Waals surface area contributed by atoms with Gasteiger partial charge in [-0.25, -0.2) is 4.98 Å². The molecule has 0 aromatic carbocycles. The second-order valence-corrected chi connectivity index (χ2v) is 8.60. The summed E-state index contributed by atoms with van der Waals surface area (Å²) in [4.78, 5) is 31.7. The number of carbonyl (C=O) groups excluding carboxylic acids is 1. The normalized spacial score (nSPS) is 14.7. The molecule has 8 heteroatoms. The Labute approximate surface area is 170 Å². The highest BCUT2D eigenvalue weighted by atomic mass is 35.5. The van der Waals surface area contributed by atoms with Crippen molar-refractivity contribution in [3.8, 4) is 0 Å². The van der Waals surface area contributed by atoms with Crippen molar-refractivity contribution in [1.29, 1.82) is 0 Å². The molecule has 1 aliphatic rings. The molecule has 0 fully saturated rings. The van der Waals surface area contributed by atoms with Crippen LogP contribution in [0.1, 0.15) is 50.0 Å². The first-order valence-corrected chi connectivity index (χ1v) is 10.3. The number of rotatable bonds is 7. The Bertz CT molecular complexity index is 846. The molecule has 6 nitrogen and oxygen atoms in total. The lowest BCUT2D eigenvalue weighted by Gasteiger charge is -2.18. The molecule has 27 heavy (non-hydrogen) atoms. The fourth-order valence-corrected chi connectivity index (χ4v) is 4.86. The number of fused-ring (bicyclic) bond motifs is 3. The Balaban J connectivity index is 0.00000261. The van der Waals surface area contributed by atoms with Gasteiger partial charge in [-0.15, -0.1) is 23.7 Å². The van der Waals surface area contributed by atoms with Crippen molar-refractivity contribution in [2.24, 2.45) is 11.7 Å². The van der Waals surface area contributed by atoms with E-state index in [0.29, 0.717) is 19.0 Å². The summed E-state index contributed by atoms with van der Waals surface area (Å²) in [7, 11) is 0. The van der Waals surface area contributed by atoms with E-state index in [4.69, 9.17) is 5.73 Å². The molecule has 2 aromatic rings. The molecule has 1 unspecified atom stereocenters. The SMILES string of the molecule is CC(C)CC(CN)NC(=O)CCn1cnc2sc3c(c2c1=O)CCCC3.Cl. The van der Waals surface area contributed by atoms with Crippen LogP contribution in [0.4, 0.5) is 0 Å². The third-order valence-corrected chi connectivity index (χ3v) is 6.13. The number of aromatic nitrogens is 2. The fraction of sp³-hybridized carbons (Fsp3) is 0.632. The summed E-state index contributed by atoms with van der Waals surface area (Å²) in [6.45, 7) is 4.99. The van der Waals surface area contributed by atoms with Crippen molar-refractivity contribution in [3.63, 3.8) is 0 Å². The van der Waals surface area contributed by atoms with Crippen LogP contribution >= 0.6 is 23.7 Å². The number of nitrogens with two attached hydrogens (primary N) is 1. The predicted octanol–water partition coefficient (Wildman–Crippen LogP) is 2.64. The maximum Gasteiger partial charge on any atom is 0.262 e. The van der Waals surface area contributed by atoms with E-state index in [2.05, 4.69) is 24.1 Å². The van der Waals surface area contributed by atoms with Crippen LogP contribution in [0.25, 0.3) is 10.2 Å². The predicted molar refractivity (Wildman–Crippen MR) is 113 cm³/mol. The first kappa shape index (κ1) is 21.9. The van der Waals surface area contributed by atoms with Crippen LogP contribution in [0.15, 0.2) is 11.1 Å². The highest BCUT2D eigenvalue weighted by Crippen LogP contribution is 2.33. The van der Waals surface area contributed by atoms with Gasteiger partial charge in [0.2, 0.25) is 5.91 Å². The van der Waals surface area contributed by atoms with E-state index < -0.39 is 0 Å². The summed E-state index contributed by atoms with van der Waals surface area (Å²) >= 11 is 1.65. The molecule has 3 rings (SSSR count). The molecule has 1 aliphatic carbocycles. The maximum absolute atomic E-state index is 12.9. The van der Waals surface area contributed by atoms with Gasteiger partial charge in [-0.05, 0) is 43.6 Å². The number of halogens is 1. The monoisotopic (exact) mass is 412 g/mol. The van der Waals surface area contributed by atoms with Gasteiger partial charge in [0.05, 0.1) is 11.7 Å². The number of carbonyl (C=O) groups is 1. The molecule has 0 aliphatic heterocycles. The van der Waals surface area contributed by atoms with Crippen LogP contribution in [0, 0.1) is 5.92 Å². The van der Waals surface area contributed by atoms with Crippen molar-refractivity contribution < 1.29 is 4.79 Å². The van der Waals surface area contributed by atoms with E-state index in [-0.39, 0.29) is 36.3 Å². The molecule has 1 atom stereocenters. The minimum atomic E-state index is -0.0690. The number of amides is 1. The van der Waals surface area contributed by atoms with Gasteiger partial charge < -0.3 is 11.1 Å². The van der Waals surface area contributed by atoms with Gasteiger partial charge >= 0.3 is 0 Å². The molecule has 2 aromatic heterocycles. The number of thiophene rings is 1. The lowest BCUT2D eigenvalue weighted by atomic mass is 9.97. The topological polar surface area (TPSA) is 90.0 Å². The zero-order valence-electron chi connectivity index (χ0n) is 16.0. The molecule has 150 valence electrons. The second-order valence-electron chi connectivity index (χ2n) is 7.51. The smallest absolute Gasteiger partial charge is 0.262 e. The average Bonchev–Trinajstić information content (AvgIpc) is 2.99. The summed E-state index contributed by atoms with van der Waals surface area (Å²) in [6.07, 6.45) is 7.02.